The highest BCUT2D eigenvalue weighted by Crippen LogP contribution is 2.25. The zero-order chi connectivity index (χ0) is 15.1. The van der Waals surface area contributed by atoms with Crippen molar-refractivity contribution in [1.29, 1.82) is 0 Å². The molecule has 1 unspecified atom stereocenters. The topological polar surface area (TPSA) is 28.4 Å². The van der Waals surface area contributed by atoms with Crippen LogP contribution >= 0.6 is 0 Å². The van der Waals surface area contributed by atoms with Gasteiger partial charge in [0, 0.05) is 12.1 Å². The van der Waals surface area contributed by atoms with Crippen LogP contribution in [-0.2, 0) is 13.1 Å². The van der Waals surface area contributed by atoms with Gasteiger partial charge in [-0.05, 0) is 63.2 Å². The lowest BCUT2D eigenvalue weighted by Crippen LogP contribution is -2.25. The van der Waals surface area contributed by atoms with E-state index in [-0.39, 0.29) is 0 Å². The quantitative estimate of drug-likeness (QED) is 0.769. The highest BCUT2D eigenvalue weighted by atomic mass is 16.3. The fourth-order valence-electron chi connectivity index (χ4n) is 3.27. The SMILES string of the molecule is CCCNCc1ccoc1CN1CCCC(C(C)C)CC1. The van der Waals surface area contributed by atoms with Crippen molar-refractivity contribution in [1.82, 2.24) is 10.2 Å². The van der Waals surface area contributed by atoms with Crippen molar-refractivity contribution in [2.24, 2.45) is 11.8 Å². The molecule has 3 nitrogen and oxygen atoms in total. The van der Waals surface area contributed by atoms with Gasteiger partial charge in [0.2, 0.25) is 0 Å². The zero-order valence-electron chi connectivity index (χ0n) is 14.0. The molecule has 0 aliphatic carbocycles. The van der Waals surface area contributed by atoms with Crippen LogP contribution in [-0.4, -0.2) is 24.5 Å². The van der Waals surface area contributed by atoms with E-state index in [9.17, 15) is 0 Å². The summed E-state index contributed by atoms with van der Waals surface area (Å²) in [6.45, 7) is 12.3. The second-order valence-corrected chi connectivity index (χ2v) is 6.76. The van der Waals surface area contributed by atoms with Crippen LogP contribution in [0.5, 0.6) is 0 Å². The van der Waals surface area contributed by atoms with Gasteiger partial charge in [0.1, 0.15) is 5.76 Å². The Bertz CT molecular complexity index is 400. The molecule has 1 aromatic rings. The van der Waals surface area contributed by atoms with Crippen molar-refractivity contribution in [3.8, 4) is 0 Å². The summed E-state index contributed by atoms with van der Waals surface area (Å²) in [7, 11) is 0. The summed E-state index contributed by atoms with van der Waals surface area (Å²) in [5.41, 5.74) is 1.33. The van der Waals surface area contributed by atoms with Gasteiger partial charge in [-0.3, -0.25) is 4.90 Å². The second kappa shape index (κ2) is 8.60. The maximum atomic E-state index is 5.73. The molecule has 21 heavy (non-hydrogen) atoms. The van der Waals surface area contributed by atoms with Crippen LogP contribution in [0, 0.1) is 11.8 Å². The normalized spacial score (nSPS) is 20.9. The Morgan fingerprint density at radius 2 is 2.19 bits per heavy atom. The predicted octanol–water partition coefficient (Wildman–Crippen LogP) is 4.04. The first-order chi connectivity index (χ1) is 10.2. The van der Waals surface area contributed by atoms with Crippen molar-refractivity contribution >= 4 is 0 Å². The first-order valence-electron chi connectivity index (χ1n) is 8.69. The maximum absolute atomic E-state index is 5.73. The minimum absolute atomic E-state index is 0.822. The molecule has 0 spiro atoms. The summed E-state index contributed by atoms with van der Waals surface area (Å²) < 4.78 is 5.73. The number of hydrogen-bond donors (Lipinski definition) is 1. The summed E-state index contributed by atoms with van der Waals surface area (Å²) in [6.07, 6.45) is 7.06. The van der Waals surface area contributed by atoms with E-state index in [0.29, 0.717) is 0 Å². The van der Waals surface area contributed by atoms with Gasteiger partial charge in [0.15, 0.2) is 0 Å². The lowest BCUT2D eigenvalue weighted by atomic mass is 9.89. The number of likely N-dealkylation sites (tertiary alicyclic amines) is 1. The molecule has 120 valence electrons. The molecular formula is C18H32N2O. The zero-order valence-corrected chi connectivity index (χ0v) is 14.0. The Morgan fingerprint density at radius 3 is 2.95 bits per heavy atom. The fourth-order valence-corrected chi connectivity index (χ4v) is 3.27. The molecule has 1 aliphatic rings. The van der Waals surface area contributed by atoms with Crippen LogP contribution in [0.25, 0.3) is 0 Å². The Hall–Kier alpha value is -0.800. The standard InChI is InChI=1S/C18H32N2O/c1-4-9-19-13-17-8-12-21-18(17)14-20-10-5-6-16(7-11-20)15(2)3/h8,12,15-16,19H,4-7,9-11,13-14H2,1-3H3. The van der Waals surface area contributed by atoms with E-state index in [1.165, 1.54) is 44.3 Å². The summed E-state index contributed by atoms with van der Waals surface area (Å²) in [4.78, 5) is 2.57. The summed E-state index contributed by atoms with van der Waals surface area (Å²) in [6, 6.07) is 2.12. The first kappa shape index (κ1) is 16.6. The van der Waals surface area contributed by atoms with Crippen LogP contribution < -0.4 is 5.32 Å². The third-order valence-electron chi connectivity index (χ3n) is 4.76. The monoisotopic (exact) mass is 292 g/mol. The van der Waals surface area contributed by atoms with Crippen molar-refractivity contribution in [2.75, 3.05) is 19.6 Å². The number of rotatable bonds is 7. The average molecular weight is 292 g/mol. The number of nitrogens with one attached hydrogen (secondary N) is 1. The smallest absolute Gasteiger partial charge is 0.122 e. The molecule has 2 heterocycles. The third kappa shape index (κ3) is 5.15. The van der Waals surface area contributed by atoms with Gasteiger partial charge < -0.3 is 9.73 Å². The van der Waals surface area contributed by atoms with Crippen LogP contribution in [0.15, 0.2) is 16.7 Å². The summed E-state index contributed by atoms with van der Waals surface area (Å²) in [5.74, 6) is 2.88. The van der Waals surface area contributed by atoms with Gasteiger partial charge in [0.25, 0.3) is 0 Å². The van der Waals surface area contributed by atoms with Crippen molar-refractivity contribution in [2.45, 2.75) is 59.5 Å². The predicted molar refractivity (Wildman–Crippen MR) is 88.2 cm³/mol. The Balaban J connectivity index is 1.85. The Kier molecular flexibility index (Phi) is 6.78. The Morgan fingerprint density at radius 1 is 1.33 bits per heavy atom. The molecule has 1 aromatic heterocycles. The van der Waals surface area contributed by atoms with Crippen LogP contribution in [0.3, 0.4) is 0 Å². The highest BCUT2D eigenvalue weighted by molar-refractivity contribution is 5.16. The summed E-state index contributed by atoms with van der Waals surface area (Å²) >= 11 is 0. The third-order valence-corrected chi connectivity index (χ3v) is 4.76. The molecule has 1 aliphatic heterocycles. The molecule has 0 bridgehead atoms. The van der Waals surface area contributed by atoms with Gasteiger partial charge in [-0.2, -0.15) is 0 Å². The molecule has 3 heteroatoms. The lowest BCUT2D eigenvalue weighted by Gasteiger charge is -2.21. The van der Waals surface area contributed by atoms with Crippen LogP contribution in [0.1, 0.15) is 57.8 Å². The van der Waals surface area contributed by atoms with E-state index in [1.54, 1.807) is 0 Å². The van der Waals surface area contributed by atoms with Crippen LogP contribution in [0.2, 0.25) is 0 Å². The number of nitrogens with zero attached hydrogens (tertiary/aromatic N) is 1. The van der Waals surface area contributed by atoms with E-state index in [1.807, 2.05) is 6.26 Å². The molecule has 2 rings (SSSR count). The molecule has 0 aromatic carbocycles. The maximum Gasteiger partial charge on any atom is 0.122 e. The van der Waals surface area contributed by atoms with Gasteiger partial charge >= 0.3 is 0 Å². The highest BCUT2D eigenvalue weighted by Gasteiger charge is 2.20. The van der Waals surface area contributed by atoms with Gasteiger partial charge in [-0.15, -0.1) is 0 Å². The molecule has 1 fully saturated rings. The molecule has 0 saturated carbocycles. The first-order valence-corrected chi connectivity index (χ1v) is 8.69. The van der Waals surface area contributed by atoms with Gasteiger partial charge in [-0.1, -0.05) is 20.8 Å². The average Bonchev–Trinajstić information content (AvgIpc) is 2.75. The molecule has 0 radical (unpaired) electrons. The summed E-state index contributed by atoms with van der Waals surface area (Å²) in [5, 5.41) is 3.47. The van der Waals surface area contributed by atoms with E-state index in [2.05, 4.69) is 37.1 Å². The molecule has 1 N–H and O–H groups in total. The molecule has 1 atom stereocenters. The van der Waals surface area contributed by atoms with E-state index < -0.39 is 0 Å². The number of furan rings is 1. The minimum Gasteiger partial charge on any atom is -0.468 e. The second-order valence-electron chi connectivity index (χ2n) is 6.76. The van der Waals surface area contributed by atoms with Crippen molar-refractivity contribution in [3.63, 3.8) is 0 Å². The minimum atomic E-state index is 0.822. The van der Waals surface area contributed by atoms with Crippen molar-refractivity contribution < 1.29 is 4.42 Å². The van der Waals surface area contributed by atoms with E-state index in [4.69, 9.17) is 4.42 Å². The van der Waals surface area contributed by atoms with Crippen molar-refractivity contribution in [3.05, 3.63) is 23.7 Å². The van der Waals surface area contributed by atoms with Crippen LogP contribution in [0.4, 0.5) is 0 Å². The number of hydrogen-bond acceptors (Lipinski definition) is 3. The fraction of sp³-hybridized carbons (Fsp3) is 0.778. The van der Waals surface area contributed by atoms with Gasteiger partial charge in [0.05, 0.1) is 12.8 Å². The molecule has 0 amide bonds. The molecular weight excluding hydrogens is 260 g/mol. The van der Waals surface area contributed by atoms with E-state index in [0.717, 1.165) is 37.2 Å². The molecule has 1 saturated heterocycles. The van der Waals surface area contributed by atoms with Gasteiger partial charge in [-0.25, -0.2) is 0 Å². The lowest BCUT2D eigenvalue weighted by molar-refractivity contribution is 0.243. The van der Waals surface area contributed by atoms with E-state index >= 15 is 0 Å². The largest absolute Gasteiger partial charge is 0.468 e. The Labute approximate surface area is 130 Å².